The van der Waals surface area contributed by atoms with Gasteiger partial charge in [0.05, 0.1) is 16.9 Å². The van der Waals surface area contributed by atoms with Gasteiger partial charge in [-0.3, -0.25) is 5.43 Å². The van der Waals surface area contributed by atoms with Crippen LogP contribution in [0, 0.1) is 11.3 Å². The number of anilines is 1. The Balaban J connectivity index is 2.05. The first-order valence-electron chi connectivity index (χ1n) is 7.75. The molecular formula is C16H9F6N5O3S. The van der Waals surface area contributed by atoms with Crippen LogP contribution >= 0.6 is 0 Å². The fraction of sp³-hybridized carbons (Fsp3) is 0.125. The monoisotopic (exact) mass is 465 g/mol. The van der Waals surface area contributed by atoms with Gasteiger partial charge in [-0.1, -0.05) is 0 Å². The van der Waals surface area contributed by atoms with Crippen molar-refractivity contribution in [2.24, 2.45) is 15.3 Å². The van der Waals surface area contributed by atoms with Gasteiger partial charge in [-0.15, -0.1) is 15.3 Å². The molecular weight excluding hydrogens is 456 g/mol. The molecule has 0 bridgehead atoms. The normalized spacial score (nSPS) is 13.1. The number of hydrogen-bond acceptors (Lipinski definition) is 7. The highest BCUT2D eigenvalue weighted by molar-refractivity contribution is 7.88. The molecule has 15 heteroatoms. The van der Waals surface area contributed by atoms with Crippen LogP contribution in [0.5, 0.6) is 5.75 Å². The van der Waals surface area contributed by atoms with E-state index in [-0.39, 0.29) is 11.4 Å². The number of azo groups is 1. The standard InChI is InChI=1S/C16H9F6N5O3S/c17-15(18,19)10-1-3-11(4-2-10)24-26-14(9-23)27-25-12-5-7-13(8-6-12)30-31(28,29)16(20,21)22/h1-8,24H/b26-14+,27-25+. The van der Waals surface area contributed by atoms with Crippen molar-refractivity contribution in [2.45, 2.75) is 11.7 Å². The molecule has 2 aromatic rings. The van der Waals surface area contributed by atoms with Gasteiger partial charge in [-0.2, -0.15) is 40.0 Å². The Bertz CT molecular complexity index is 1120. The summed E-state index contributed by atoms with van der Waals surface area (Å²) in [6, 6.07) is 9.18. The van der Waals surface area contributed by atoms with Crippen molar-refractivity contribution < 1.29 is 38.9 Å². The average molecular weight is 465 g/mol. The van der Waals surface area contributed by atoms with Gasteiger partial charge < -0.3 is 4.18 Å². The molecule has 1 N–H and O–H groups in total. The third kappa shape index (κ3) is 6.67. The minimum absolute atomic E-state index is 0.00855. The number of nitrogens with zero attached hydrogens (tertiary/aromatic N) is 4. The maximum Gasteiger partial charge on any atom is 0.534 e. The van der Waals surface area contributed by atoms with Crippen LogP contribution in [-0.4, -0.2) is 19.8 Å². The Morgan fingerprint density at radius 1 is 0.968 bits per heavy atom. The molecule has 0 unspecified atom stereocenters. The van der Waals surface area contributed by atoms with Crippen LogP contribution < -0.4 is 9.61 Å². The second kappa shape index (κ2) is 9.00. The number of hydrogen-bond donors (Lipinski definition) is 1. The minimum Gasteiger partial charge on any atom is -0.376 e. The third-order valence-corrected chi connectivity index (χ3v) is 4.17. The molecule has 0 aliphatic heterocycles. The van der Waals surface area contributed by atoms with E-state index in [1.807, 2.05) is 0 Å². The summed E-state index contributed by atoms with van der Waals surface area (Å²) in [5.41, 5.74) is -4.02. The van der Waals surface area contributed by atoms with Crippen molar-refractivity contribution in [2.75, 3.05) is 5.43 Å². The van der Waals surface area contributed by atoms with Gasteiger partial charge in [0.25, 0.3) is 5.84 Å². The molecule has 8 nitrogen and oxygen atoms in total. The molecule has 0 atom stereocenters. The zero-order valence-corrected chi connectivity index (χ0v) is 15.6. The quantitative estimate of drug-likeness (QED) is 0.127. The Hall–Kier alpha value is -3.67. The second-order valence-electron chi connectivity index (χ2n) is 5.41. The van der Waals surface area contributed by atoms with E-state index >= 15 is 0 Å². The maximum atomic E-state index is 12.5. The number of rotatable bonds is 5. The van der Waals surface area contributed by atoms with Crippen LogP contribution in [0.3, 0.4) is 0 Å². The van der Waals surface area contributed by atoms with E-state index in [1.54, 1.807) is 6.07 Å². The zero-order chi connectivity index (χ0) is 23.3. The van der Waals surface area contributed by atoms with Crippen molar-refractivity contribution in [3.63, 3.8) is 0 Å². The van der Waals surface area contributed by atoms with Gasteiger partial charge in [-0.25, -0.2) is 0 Å². The molecule has 2 rings (SSSR count). The highest BCUT2D eigenvalue weighted by Crippen LogP contribution is 2.30. The third-order valence-electron chi connectivity index (χ3n) is 3.19. The van der Waals surface area contributed by atoms with Crippen molar-refractivity contribution in [1.29, 1.82) is 5.26 Å². The van der Waals surface area contributed by atoms with Crippen LogP contribution in [0.25, 0.3) is 0 Å². The predicted octanol–water partition coefficient (Wildman–Crippen LogP) is 4.97. The molecule has 0 saturated carbocycles. The van der Waals surface area contributed by atoms with Crippen molar-refractivity contribution in [3.05, 3.63) is 54.1 Å². The van der Waals surface area contributed by atoms with Gasteiger partial charge >= 0.3 is 21.8 Å². The van der Waals surface area contributed by atoms with Crippen LogP contribution in [0.1, 0.15) is 5.56 Å². The lowest BCUT2D eigenvalue weighted by Crippen LogP contribution is -2.27. The maximum absolute atomic E-state index is 12.5. The fourth-order valence-electron chi connectivity index (χ4n) is 1.77. The molecule has 0 heterocycles. The molecule has 0 aliphatic carbocycles. The topological polar surface area (TPSA) is 116 Å². The first kappa shape index (κ1) is 23.6. The smallest absolute Gasteiger partial charge is 0.376 e. The van der Waals surface area contributed by atoms with Gasteiger partial charge in [0.2, 0.25) is 0 Å². The molecule has 31 heavy (non-hydrogen) atoms. The Kier molecular flexibility index (Phi) is 6.85. The van der Waals surface area contributed by atoms with E-state index < -0.39 is 39.0 Å². The van der Waals surface area contributed by atoms with Gasteiger partial charge in [0, 0.05) is 0 Å². The number of benzene rings is 2. The lowest BCUT2D eigenvalue weighted by molar-refractivity contribution is -0.137. The van der Waals surface area contributed by atoms with E-state index in [9.17, 15) is 34.8 Å². The Morgan fingerprint density at radius 3 is 2.03 bits per heavy atom. The molecule has 0 aromatic heterocycles. The fourth-order valence-corrected chi connectivity index (χ4v) is 2.23. The highest BCUT2D eigenvalue weighted by Gasteiger charge is 2.48. The van der Waals surface area contributed by atoms with E-state index in [1.165, 1.54) is 0 Å². The first-order valence-corrected chi connectivity index (χ1v) is 9.16. The minimum atomic E-state index is -5.82. The molecule has 0 saturated heterocycles. The van der Waals surface area contributed by atoms with Gasteiger partial charge in [0.1, 0.15) is 11.8 Å². The first-order chi connectivity index (χ1) is 14.3. The summed E-state index contributed by atoms with van der Waals surface area (Å²) >= 11 is 0. The molecule has 0 spiro atoms. The molecule has 0 amide bonds. The molecule has 0 fully saturated rings. The summed E-state index contributed by atoms with van der Waals surface area (Å²) in [5, 5.41) is 19.5. The van der Waals surface area contributed by atoms with Crippen LogP contribution in [0.2, 0.25) is 0 Å². The van der Waals surface area contributed by atoms with Gasteiger partial charge in [-0.05, 0) is 48.5 Å². The summed E-state index contributed by atoms with van der Waals surface area (Å²) in [7, 11) is -5.82. The average Bonchev–Trinajstić information content (AvgIpc) is 2.68. The van der Waals surface area contributed by atoms with E-state index in [0.717, 1.165) is 48.5 Å². The Morgan fingerprint density at radius 2 is 1.55 bits per heavy atom. The summed E-state index contributed by atoms with van der Waals surface area (Å²) < 4.78 is 100. The number of nitrogens with one attached hydrogen (secondary N) is 1. The molecule has 0 radical (unpaired) electrons. The molecule has 2 aromatic carbocycles. The van der Waals surface area contributed by atoms with Crippen molar-refractivity contribution in [3.8, 4) is 11.8 Å². The van der Waals surface area contributed by atoms with Crippen LogP contribution in [-0.2, 0) is 16.3 Å². The summed E-state index contributed by atoms with van der Waals surface area (Å²) in [6.07, 6.45) is -4.51. The number of amidine groups is 1. The molecule has 0 aliphatic rings. The van der Waals surface area contributed by atoms with E-state index in [2.05, 4.69) is 24.9 Å². The predicted molar refractivity (Wildman–Crippen MR) is 94.7 cm³/mol. The van der Waals surface area contributed by atoms with Gasteiger partial charge in [0.15, 0.2) is 0 Å². The molecule has 164 valence electrons. The number of hydrazone groups is 1. The van der Waals surface area contributed by atoms with Crippen LogP contribution in [0.4, 0.5) is 37.7 Å². The largest absolute Gasteiger partial charge is 0.534 e. The number of halogens is 6. The van der Waals surface area contributed by atoms with Crippen LogP contribution in [0.15, 0.2) is 63.9 Å². The number of alkyl halides is 6. The highest BCUT2D eigenvalue weighted by atomic mass is 32.2. The van der Waals surface area contributed by atoms with E-state index in [0.29, 0.717) is 0 Å². The SMILES string of the molecule is N#CC(/N=N/c1ccc(OS(=O)(=O)C(F)(F)F)cc1)=N\Nc1ccc(C(F)(F)F)cc1. The lowest BCUT2D eigenvalue weighted by Gasteiger charge is -2.09. The van der Waals surface area contributed by atoms with Crippen molar-refractivity contribution >= 4 is 27.3 Å². The summed E-state index contributed by atoms with van der Waals surface area (Å²) in [6.45, 7) is 0. The van der Waals surface area contributed by atoms with E-state index in [4.69, 9.17) is 5.26 Å². The Labute approximate surface area is 170 Å². The summed E-state index contributed by atoms with van der Waals surface area (Å²) in [5.74, 6) is -1.16. The van der Waals surface area contributed by atoms with Crippen molar-refractivity contribution in [1.82, 2.24) is 0 Å². The summed E-state index contributed by atoms with van der Waals surface area (Å²) in [4.78, 5) is 0. The zero-order valence-electron chi connectivity index (χ0n) is 14.8. The second-order valence-corrected chi connectivity index (χ2v) is 6.95. The lowest BCUT2D eigenvalue weighted by atomic mass is 10.2. The number of nitriles is 1.